The third-order valence-electron chi connectivity index (χ3n) is 5.45. The Balaban J connectivity index is 1.50. The van der Waals surface area contributed by atoms with E-state index in [0.29, 0.717) is 39.4 Å². The lowest BCUT2D eigenvalue weighted by atomic mass is 10.2. The third kappa shape index (κ3) is 6.48. The second-order valence-corrected chi connectivity index (χ2v) is 9.94. The molecule has 7 nitrogen and oxygen atoms in total. The average Bonchev–Trinajstić information content (AvgIpc) is 3.19. The van der Waals surface area contributed by atoms with Gasteiger partial charge >= 0.3 is 0 Å². The van der Waals surface area contributed by atoms with E-state index in [-0.39, 0.29) is 34.0 Å². The zero-order valence-electron chi connectivity index (χ0n) is 19.8. The van der Waals surface area contributed by atoms with Crippen molar-refractivity contribution >= 4 is 81.1 Å². The fourth-order valence-corrected chi connectivity index (χ4v) is 4.74. The number of halogens is 4. The van der Waals surface area contributed by atoms with Crippen LogP contribution in [-0.2, 0) is 9.59 Å². The molecule has 2 amide bonds. The van der Waals surface area contributed by atoms with Crippen LogP contribution in [0.5, 0.6) is 5.75 Å². The van der Waals surface area contributed by atoms with Crippen molar-refractivity contribution < 1.29 is 14.3 Å². The molecule has 0 radical (unpaired) electrons. The van der Waals surface area contributed by atoms with E-state index in [4.69, 9.17) is 51.1 Å². The lowest BCUT2D eigenvalue weighted by molar-refractivity contribution is -0.122. The molecule has 0 bridgehead atoms. The first-order chi connectivity index (χ1) is 17.6. The lowest BCUT2D eigenvalue weighted by Gasteiger charge is -2.19. The molecule has 192 valence electrons. The van der Waals surface area contributed by atoms with Crippen molar-refractivity contribution in [3.8, 4) is 5.75 Å². The maximum atomic E-state index is 12.9. The van der Waals surface area contributed by atoms with Crippen molar-refractivity contribution in [2.75, 3.05) is 10.3 Å². The van der Waals surface area contributed by atoms with Gasteiger partial charge in [-0.15, -0.1) is 0 Å². The van der Waals surface area contributed by atoms with E-state index in [1.807, 2.05) is 38.1 Å². The zero-order chi connectivity index (χ0) is 26.7. The minimum absolute atomic E-state index is 0.0372. The third-order valence-corrected chi connectivity index (χ3v) is 6.56. The number of hydrogen-bond donors (Lipinski definition) is 2. The first-order valence-corrected chi connectivity index (χ1v) is 12.8. The van der Waals surface area contributed by atoms with Crippen LogP contribution in [-0.4, -0.2) is 23.8 Å². The minimum Gasteiger partial charge on any atom is -0.481 e. The van der Waals surface area contributed by atoms with Gasteiger partial charge in [0.2, 0.25) is 0 Å². The summed E-state index contributed by atoms with van der Waals surface area (Å²) in [7, 11) is 0. The molecule has 1 heterocycles. The molecule has 1 fully saturated rings. The number of hydrazine groups is 1. The van der Waals surface area contributed by atoms with Crippen LogP contribution >= 0.6 is 46.4 Å². The standard InChI is InChI=1S/C26H22Cl4N4O3/c1-3-22(37-17-7-4-14(2)5-8-17)26(36)31-16-6-9-18(28)21(12-16)32-23-13-24(35)34(33-23)25-19(29)10-15(27)11-20(25)30/h4-12,22H,3,13H2,1-2H3,(H,31,36)(H,32,33). The van der Waals surface area contributed by atoms with Gasteiger partial charge in [0, 0.05) is 10.7 Å². The smallest absolute Gasteiger partial charge is 0.265 e. The molecule has 2 N–H and O–H groups in total. The molecule has 37 heavy (non-hydrogen) atoms. The molecule has 1 saturated heterocycles. The van der Waals surface area contributed by atoms with Gasteiger partial charge in [-0.2, -0.15) is 0 Å². The Morgan fingerprint density at radius 2 is 1.73 bits per heavy atom. The Morgan fingerprint density at radius 3 is 2.38 bits per heavy atom. The lowest BCUT2D eigenvalue weighted by Crippen LogP contribution is -2.36. The Hall–Kier alpha value is -2.97. The Bertz CT molecular complexity index is 1360. The largest absolute Gasteiger partial charge is 0.481 e. The van der Waals surface area contributed by atoms with Crippen molar-refractivity contribution in [1.82, 2.24) is 5.43 Å². The molecular weight excluding hydrogens is 558 g/mol. The maximum absolute atomic E-state index is 12.9. The van der Waals surface area contributed by atoms with Crippen LogP contribution in [0.15, 0.2) is 59.6 Å². The Labute approximate surface area is 234 Å². The van der Waals surface area contributed by atoms with Crippen LogP contribution in [0.4, 0.5) is 17.1 Å². The normalized spacial score (nSPS) is 15.0. The number of rotatable bonds is 7. The predicted molar refractivity (Wildman–Crippen MR) is 150 cm³/mol. The number of nitrogens with one attached hydrogen (secondary N) is 2. The predicted octanol–water partition coefficient (Wildman–Crippen LogP) is 7.38. The summed E-state index contributed by atoms with van der Waals surface area (Å²) in [6, 6.07) is 15.4. The average molecular weight is 580 g/mol. The van der Waals surface area contributed by atoms with Crippen molar-refractivity contribution in [2.24, 2.45) is 4.99 Å². The van der Waals surface area contributed by atoms with Crippen LogP contribution in [0, 0.1) is 6.92 Å². The molecule has 1 aliphatic rings. The number of anilines is 2. The second kappa shape index (κ2) is 11.6. The van der Waals surface area contributed by atoms with Gasteiger partial charge in [0.05, 0.1) is 27.2 Å². The number of amidine groups is 1. The van der Waals surface area contributed by atoms with E-state index < -0.39 is 6.10 Å². The van der Waals surface area contributed by atoms with Gasteiger partial charge in [0.25, 0.3) is 11.8 Å². The number of hydrogen-bond acceptors (Lipinski definition) is 4. The van der Waals surface area contributed by atoms with Gasteiger partial charge in [-0.3, -0.25) is 15.0 Å². The highest BCUT2D eigenvalue weighted by atomic mass is 35.5. The van der Waals surface area contributed by atoms with Crippen molar-refractivity contribution in [3.05, 3.63) is 80.3 Å². The molecule has 0 aromatic heterocycles. The van der Waals surface area contributed by atoms with Crippen LogP contribution in [0.2, 0.25) is 20.1 Å². The van der Waals surface area contributed by atoms with Crippen molar-refractivity contribution in [2.45, 2.75) is 32.8 Å². The second-order valence-electron chi connectivity index (χ2n) is 8.28. The number of aryl methyl sites for hydroxylation is 1. The number of aliphatic imine (C=N–C) groups is 1. The van der Waals surface area contributed by atoms with E-state index >= 15 is 0 Å². The number of ether oxygens (including phenoxy) is 1. The van der Waals surface area contributed by atoms with E-state index in [2.05, 4.69) is 15.7 Å². The Morgan fingerprint density at radius 1 is 1.05 bits per heavy atom. The number of nitrogens with zero attached hydrogens (tertiary/aromatic N) is 2. The molecule has 1 aliphatic heterocycles. The molecule has 0 aliphatic carbocycles. The first-order valence-electron chi connectivity index (χ1n) is 11.3. The van der Waals surface area contributed by atoms with Gasteiger partial charge in [-0.25, -0.2) is 10.0 Å². The zero-order valence-corrected chi connectivity index (χ0v) is 22.8. The fraction of sp³-hybridized carbons (Fsp3) is 0.192. The quantitative estimate of drug-likeness (QED) is 0.306. The van der Waals surface area contributed by atoms with Crippen LogP contribution in [0.1, 0.15) is 25.3 Å². The molecule has 3 aromatic rings. The van der Waals surface area contributed by atoms with E-state index in [1.54, 1.807) is 18.2 Å². The van der Waals surface area contributed by atoms with E-state index in [0.717, 1.165) is 5.56 Å². The topological polar surface area (TPSA) is 83.0 Å². The fourth-order valence-electron chi connectivity index (χ4n) is 3.59. The first kappa shape index (κ1) is 27.1. The summed E-state index contributed by atoms with van der Waals surface area (Å²) in [5.74, 6) is 0.311. The van der Waals surface area contributed by atoms with E-state index in [1.165, 1.54) is 17.1 Å². The van der Waals surface area contributed by atoms with E-state index in [9.17, 15) is 9.59 Å². The molecule has 1 unspecified atom stereocenters. The maximum Gasteiger partial charge on any atom is 0.265 e. The van der Waals surface area contributed by atoms with Crippen molar-refractivity contribution in [1.29, 1.82) is 0 Å². The molecule has 1 atom stereocenters. The number of benzene rings is 3. The minimum atomic E-state index is -0.690. The summed E-state index contributed by atoms with van der Waals surface area (Å²) < 4.78 is 5.86. The summed E-state index contributed by atoms with van der Waals surface area (Å²) >= 11 is 24.9. The summed E-state index contributed by atoms with van der Waals surface area (Å²) in [5.41, 5.74) is 5.11. The number of carbonyl (C=O) groups is 2. The van der Waals surface area contributed by atoms with Gasteiger partial charge in [-0.1, -0.05) is 71.0 Å². The molecule has 11 heteroatoms. The van der Waals surface area contributed by atoms with Crippen LogP contribution in [0.3, 0.4) is 0 Å². The highest BCUT2D eigenvalue weighted by Crippen LogP contribution is 2.37. The van der Waals surface area contributed by atoms with Gasteiger partial charge in [-0.05, 0) is 55.8 Å². The molecular formula is C26H22Cl4N4O3. The monoisotopic (exact) mass is 578 g/mol. The summed E-state index contributed by atoms with van der Waals surface area (Å²) in [6.07, 6.45) is -0.255. The van der Waals surface area contributed by atoms with Gasteiger partial charge in [0.1, 0.15) is 17.3 Å². The molecule has 3 aromatic carbocycles. The Kier molecular flexibility index (Phi) is 8.49. The molecule has 0 saturated carbocycles. The molecule has 0 spiro atoms. The number of carbonyl (C=O) groups excluding carboxylic acids is 2. The summed E-state index contributed by atoms with van der Waals surface area (Å²) in [5, 5.41) is 5.16. The van der Waals surface area contributed by atoms with Gasteiger partial charge in [0.15, 0.2) is 6.10 Å². The SMILES string of the molecule is CCC(Oc1ccc(C)cc1)C(=O)Nc1ccc(Cl)c(N=C2CC(=O)N(c3c(Cl)cc(Cl)cc3Cl)N2)c1. The summed E-state index contributed by atoms with van der Waals surface area (Å²) in [4.78, 5) is 30.0. The van der Waals surface area contributed by atoms with Crippen LogP contribution in [0.25, 0.3) is 0 Å². The van der Waals surface area contributed by atoms with Gasteiger partial charge < -0.3 is 10.1 Å². The molecule has 4 rings (SSSR count). The van der Waals surface area contributed by atoms with Crippen molar-refractivity contribution in [3.63, 3.8) is 0 Å². The highest BCUT2D eigenvalue weighted by molar-refractivity contribution is 6.42. The summed E-state index contributed by atoms with van der Waals surface area (Å²) in [6.45, 7) is 3.84. The number of amides is 2. The highest BCUT2D eigenvalue weighted by Gasteiger charge is 2.30. The van der Waals surface area contributed by atoms with Crippen LogP contribution < -0.4 is 20.5 Å².